The molecule has 0 unspecified atom stereocenters. The van der Waals surface area contributed by atoms with Gasteiger partial charge in [0.1, 0.15) is 0 Å². The van der Waals surface area contributed by atoms with Crippen LogP contribution in [0.15, 0.2) is 22.2 Å². The lowest BCUT2D eigenvalue weighted by Gasteiger charge is -2.15. The first-order valence-corrected chi connectivity index (χ1v) is 8.28. The second-order valence-electron chi connectivity index (χ2n) is 5.79. The van der Waals surface area contributed by atoms with Gasteiger partial charge in [0, 0.05) is 27.3 Å². The summed E-state index contributed by atoms with van der Waals surface area (Å²) in [5.41, 5.74) is -0.649. The molecule has 10 heteroatoms. The third-order valence-electron chi connectivity index (χ3n) is 3.75. The van der Waals surface area contributed by atoms with Crippen LogP contribution in [0.5, 0.6) is 0 Å². The normalized spacial score (nSPS) is 12.4. The molecule has 0 bridgehead atoms. The van der Waals surface area contributed by atoms with Crippen molar-refractivity contribution in [3.63, 3.8) is 0 Å². The van der Waals surface area contributed by atoms with Crippen molar-refractivity contribution in [1.29, 1.82) is 0 Å². The van der Waals surface area contributed by atoms with Gasteiger partial charge in [-0.2, -0.15) is 4.98 Å². The van der Waals surface area contributed by atoms with Gasteiger partial charge in [-0.25, -0.2) is 4.79 Å². The summed E-state index contributed by atoms with van der Waals surface area (Å²) in [7, 11) is 3.14. The van der Waals surface area contributed by atoms with E-state index in [1.807, 2.05) is 0 Å². The topological polar surface area (TPSA) is 123 Å². The van der Waals surface area contributed by atoms with Crippen LogP contribution < -0.4 is 16.6 Å². The summed E-state index contributed by atoms with van der Waals surface area (Å²) in [6.45, 7) is 5.17. The lowest BCUT2D eigenvalue weighted by molar-refractivity contribution is 0.0405. The fourth-order valence-electron chi connectivity index (χ4n) is 2.51. The minimum atomic E-state index is -0.858. The van der Waals surface area contributed by atoms with Crippen LogP contribution in [0.25, 0.3) is 11.2 Å². The van der Waals surface area contributed by atoms with E-state index in [0.29, 0.717) is 25.7 Å². The predicted molar refractivity (Wildman–Crippen MR) is 97.6 cm³/mol. The first kappa shape index (κ1) is 19.9. The molecule has 0 aliphatic rings. The van der Waals surface area contributed by atoms with Crippen LogP contribution >= 0.6 is 0 Å². The van der Waals surface area contributed by atoms with Crippen LogP contribution in [-0.4, -0.2) is 63.8 Å². The summed E-state index contributed by atoms with van der Waals surface area (Å²) in [6, 6.07) is 0. The molecule has 2 heterocycles. The van der Waals surface area contributed by atoms with Crippen LogP contribution in [0.3, 0.4) is 0 Å². The number of H-pyrrole nitrogens is 1. The van der Waals surface area contributed by atoms with Crippen molar-refractivity contribution in [2.45, 2.75) is 19.1 Å². The fourth-order valence-corrected chi connectivity index (χ4v) is 2.51. The summed E-state index contributed by atoms with van der Waals surface area (Å²) < 4.78 is 13.1. The number of nitrogens with zero attached hydrogens (tertiary/aromatic N) is 3. The average molecular weight is 367 g/mol. The highest BCUT2D eigenvalue weighted by Gasteiger charge is 2.19. The molecule has 3 N–H and O–H groups in total. The number of anilines is 1. The number of aliphatic hydroxyl groups is 1. The van der Waals surface area contributed by atoms with Gasteiger partial charge in [-0.3, -0.25) is 14.3 Å². The number of ether oxygens (including phenoxy) is 2. The van der Waals surface area contributed by atoms with Gasteiger partial charge in [0.05, 0.1) is 25.9 Å². The Bertz CT molecular complexity index is 853. The van der Waals surface area contributed by atoms with E-state index in [4.69, 9.17) is 9.47 Å². The van der Waals surface area contributed by atoms with Gasteiger partial charge < -0.3 is 24.5 Å². The molecule has 1 atom stereocenters. The van der Waals surface area contributed by atoms with Gasteiger partial charge in [0.25, 0.3) is 5.56 Å². The van der Waals surface area contributed by atoms with Crippen LogP contribution in [0, 0.1) is 0 Å². The summed E-state index contributed by atoms with van der Waals surface area (Å²) >= 11 is 0. The van der Waals surface area contributed by atoms with Gasteiger partial charge in [-0.05, 0) is 6.42 Å². The standard InChI is InChI=1S/C16H25N5O5/c1-4-7-26-10-11(22)9-21-12-13(20(2)16(24)19-14(12)23)18-15(21)17-6-5-8-25-3/h4,11,22H,1,5-10H2,2-3H3,(H,17,18)(H,19,23,24)/t11-/m0/s1. The number of aromatic amines is 1. The quantitative estimate of drug-likeness (QED) is 0.359. The Kier molecular flexibility index (Phi) is 7.13. The van der Waals surface area contributed by atoms with E-state index in [2.05, 4.69) is 21.9 Å². The molecule has 0 aromatic carbocycles. The molecule has 2 aromatic heterocycles. The highest BCUT2D eigenvalue weighted by atomic mass is 16.5. The third-order valence-corrected chi connectivity index (χ3v) is 3.75. The molecule has 0 saturated carbocycles. The number of rotatable bonds is 11. The van der Waals surface area contributed by atoms with Gasteiger partial charge in [0.15, 0.2) is 11.2 Å². The molecule has 144 valence electrons. The van der Waals surface area contributed by atoms with Gasteiger partial charge in [-0.15, -0.1) is 6.58 Å². The second kappa shape index (κ2) is 9.32. The van der Waals surface area contributed by atoms with Crippen LogP contribution in [0.2, 0.25) is 0 Å². The minimum Gasteiger partial charge on any atom is -0.389 e. The first-order chi connectivity index (χ1) is 12.5. The zero-order valence-electron chi connectivity index (χ0n) is 15.0. The van der Waals surface area contributed by atoms with Gasteiger partial charge >= 0.3 is 5.69 Å². The SMILES string of the molecule is C=CCOC[C@@H](O)Cn1c(NCCCOC)nc2c1c(=O)[nH]c(=O)n2C. The van der Waals surface area contributed by atoms with Crippen molar-refractivity contribution >= 4 is 17.1 Å². The summed E-state index contributed by atoms with van der Waals surface area (Å²) in [5.74, 6) is 0.394. The molecular formula is C16H25N5O5. The number of fused-ring (bicyclic) bond motifs is 1. The van der Waals surface area contributed by atoms with Crippen LogP contribution in [0.1, 0.15) is 6.42 Å². The zero-order chi connectivity index (χ0) is 19.1. The van der Waals surface area contributed by atoms with E-state index in [1.54, 1.807) is 17.8 Å². The second-order valence-corrected chi connectivity index (χ2v) is 5.79. The molecule has 0 aliphatic carbocycles. The lowest BCUT2D eigenvalue weighted by atomic mass is 10.3. The number of hydrogen-bond donors (Lipinski definition) is 3. The number of aromatic nitrogens is 4. The highest BCUT2D eigenvalue weighted by molar-refractivity contribution is 5.74. The van der Waals surface area contributed by atoms with Gasteiger partial charge in [-0.1, -0.05) is 6.08 Å². The van der Waals surface area contributed by atoms with Crippen molar-refractivity contribution in [2.75, 3.05) is 38.8 Å². The molecule has 2 rings (SSSR count). The Morgan fingerprint density at radius 2 is 2.23 bits per heavy atom. The number of aryl methyl sites for hydroxylation is 1. The third kappa shape index (κ3) is 4.59. The van der Waals surface area contributed by atoms with Crippen molar-refractivity contribution in [1.82, 2.24) is 19.1 Å². The predicted octanol–water partition coefficient (Wildman–Crippen LogP) is -0.565. The molecule has 0 fully saturated rings. The Morgan fingerprint density at radius 3 is 2.92 bits per heavy atom. The number of hydrogen-bond acceptors (Lipinski definition) is 7. The van der Waals surface area contributed by atoms with E-state index in [9.17, 15) is 14.7 Å². The first-order valence-electron chi connectivity index (χ1n) is 8.28. The fraction of sp³-hybridized carbons (Fsp3) is 0.562. The summed E-state index contributed by atoms with van der Waals surface area (Å²) in [5, 5.41) is 13.3. The maximum atomic E-state index is 12.3. The maximum absolute atomic E-state index is 12.3. The van der Waals surface area contributed by atoms with Crippen LogP contribution in [-0.2, 0) is 23.1 Å². The molecule has 0 radical (unpaired) electrons. The van der Waals surface area contributed by atoms with Crippen LogP contribution in [0.4, 0.5) is 5.95 Å². The smallest absolute Gasteiger partial charge is 0.329 e. The van der Waals surface area contributed by atoms with Crippen molar-refractivity contribution in [2.24, 2.45) is 7.05 Å². The lowest BCUT2D eigenvalue weighted by Crippen LogP contribution is -2.30. The zero-order valence-corrected chi connectivity index (χ0v) is 15.0. The molecule has 2 aromatic rings. The Morgan fingerprint density at radius 1 is 1.46 bits per heavy atom. The number of methoxy groups -OCH3 is 1. The highest BCUT2D eigenvalue weighted by Crippen LogP contribution is 2.16. The number of aliphatic hydroxyl groups excluding tert-OH is 1. The molecule has 0 amide bonds. The Hall–Kier alpha value is -2.43. The number of nitrogens with one attached hydrogen (secondary N) is 2. The largest absolute Gasteiger partial charge is 0.389 e. The van der Waals surface area contributed by atoms with E-state index >= 15 is 0 Å². The molecular weight excluding hydrogens is 342 g/mol. The number of imidazole rings is 1. The summed E-state index contributed by atoms with van der Waals surface area (Å²) in [6.07, 6.45) is 1.46. The molecule has 0 aliphatic heterocycles. The van der Waals surface area contributed by atoms with Crippen molar-refractivity contribution in [3.8, 4) is 0 Å². The van der Waals surface area contributed by atoms with Gasteiger partial charge in [0.2, 0.25) is 5.95 Å². The molecule has 26 heavy (non-hydrogen) atoms. The minimum absolute atomic E-state index is 0.0818. The van der Waals surface area contributed by atoms with Crippen molar-refractivity contribution < 1.29 is 14.6 Å². The maximum Gasteiger partial charge on any atom is 0.329 e. The Balaban J connectivity index is 2.36. The van der Waals surface area contributed by atoms with E-state index in [0.717, 1.165) is 6.42 Å². The van der Waals surface area contributed by atoms with Crippen molar-refractivity contribution in [3.05, 3.63) is 33.5 Å². The summed E-state index contributed by atoms with van der Waals surface area (Å²) in [4.78, 5) is 30.7. The Labute approximate surface area is 150 Å². The molecule has 0 saturated heterocycles. The monoisotopic (exact) mass is 367 g/mol. The average Bonchev–Trinajstić information content (AvgIpc) is 2.96. The molecule has 0 spiro atoms. The van der Waals surface area contributed by atoms with E-state index in [-0.39, 0.29) is 24.3 Å². The van der Waals surface area contributed by atoms with E-state index in [1.165, 1.54) is 11.6 Å². The molecule has 10 nitrogen and oxygen atoms in total. The van der Waals surface area contributed by atoms with E-state index < -0.39 is 17.4 Å².